The Labute approximate surface area is 143 Å². The van der Waals surface area contributed by atoms with Crippen molar-refractivity contribution in [2.45, 2.75) is 19.8 Å². The largest absolute Gasteiger partial charge is 0.494 e. The average molecular weight is 337 g/mol. The van der Waals surface area contributed by atoms with Gasteiger partial charge < -0.3 is 19.1 Å². The highest BCUT2D eigenvalue weighted by Gasteiger charge is 2.21. The van der Waals surface area contributed by atoms with Crippen molar-refractivity contribution in [2.75, 3.05) is 40.5 Å². The number of amides is 1. The third kappa shape index (κ3) is 7.46. The van der Waals surface area contributed by atoms with Gasteiger partial charge in [-0.25, -0.2) is 0 Å². The van der Waals surface area contributed by atoms with Crippen LogP contribution in [-0.4, -0.2) is 57.3 Å². The van der Waals surface area contributed by atoms with Crippen molar-refractivity contribution < 1.29 is 23.8 Å². The van der Waals surface area contributed by atoms with Crippen LogP contribution in [0.1, 0.15) is 19.8 Å². The fourth-order valence-corrected chi connectivity index (χ4v) is 2.21. The quantitative estimate of drug-likeness (QED) is 0.457. The van der Waals surface area contributed by atoms with Gasteiger partial charge in [0.2, 0.25) is 5.91 Å². The molecular formula is C18H27NO5. The van der Waals surface area contributed by atoms with Crippen LogP contribution in [0, 0.1) is 5.92 Å². The Kier molecular flexibility index (Phi) is 9.53. The molecule has 0 spiro atoms. The molecule has 0 N–H and O–H groups in total. The first-order valence-corrected chi connectivity index (χ1v) is 8.10. The molecule has 0 heterocycles. The van der Waals surface area contributed by atoms with Crippen LogP contribution in [-0.2, 0) is 19.1 Å². The highest BCUT2D eigenvalue weighted by Crippen LogP contribution is 2.10. The van der Waals surface area contributed by atoms with Gasteiger partial charge in [-0.15, -0.1) is 0 Å². The molecule has 1 amide bonds. The molecule has 1 aromatic carbocycles. The Balaban J connectivity index is 2.41. The minimum Gasteiger partial charge on any atom is -0.494 e. The van der Waals surface area contributed by atoms with E-state index >= 15 is 0 Å². The van der Waals surface area contributed by atoms with Gasteiger partial charge in [0.05, 0.1) is 26.2 Å². The molecule has 1 atom stereocenters. The molecule has 0 aliphatic heterocycles. The smallest absolute Gasteiger partial charge is 0.310 e. The second-order valence-electron chi connectivity index (χ2n) is 5.52. The zero-order valence-electron chi connectivity index (χ0n) is 14.7. The van der Waals surface area contributed by atoms with Crippen molar-refractivity contribution in [2.24, 2.45) is 5.92 Å². The lowest BCUT2D eigenvalue weighted by Crippen LogP contribution is -2.39. The van der Waals surface area contributed by atoms with E-state index in [0.29, 0.717) is 39.1 Å². The summed E-state index contributed by atoms with van der Waals surface area (Å²) in [6.45, 7) is 3.43. The molecule has 0 saturated heterocycles. The first-order chi connectivity index (χ1) is 11.6. The molecule has 0 saturated carbocycles. The first kappa shape index (κ1) is 20.0. The monoisotopic (exact) mass is 337 g/mol. The summed E-state index contributed by atoms with van der Waals surface area (Å²) >= 11 is 0. The third-order valence-corrected chi connectivity index (χ3v) is 3.56. The lowest BCUT2D eigenvalue weighted by Gasteiger charge is -2.25. The molecule has 24 heavy (non-hydrogen) atoms. The van der Waals surface area contributed by atoms with E-state index in [4.69, 9.17) is 14.2 Å². The number of rotatable bonds is 11. The molecule has 0 radical (unpaired) electrons. The molecule has 0 bridgehead atoms. The van der Waals surface area contributed by atoms with E-state index in [-0.39, 0.29) is 17.8 Å². The number of ether oxygens (including phenoxy) is 3. The molecule has 6 nitrogen and oxygen atoms in total. The molecular weight excluding hydrogens is 310 g/mol. The standard InChI is InChI=1S/C18H27NO5/c1-15(18(21)23-3)14-19(11-13-22-2)17(20)10-7-12-24-16-8-5-4-6-9-16/h4-6,8-9,15H,7,10-14H2,1-3H3. The van der Waals surface area contributed by atoms with Gasteiger partial charge in [0.1, 0.15) is 5.75 Å². The van der Waals surface area contributed by atoms with Crippen molar-refractivity contribution in [1.82, 2.24) is 4.90 Å². The van der Waals surface area contributed by atoms with Crippen LogP contribution < -0.4 is 4.74 Å². The first-order valence-electron chi connectivity index (χ1n) is 8.10. The Morgan fingerprint density at radius 2 is 1.83 bits per heavy atom. The zero-order valence-corrected chi connectivity index (χ0v) is 14.7. The summed E-state index contributed by atoms with van der Waals surface area (Å²) in [5.41, 5.74) is 0. The predicted molar refractivity (Wildman–Crippen MR) is 90.8 cm³/mol. The van der Waals surface area contributed by atoms with Crippen molar-refractivity contribution in [1.29, 1.82) is 0 Å². The van der Waals surface area contributed by atoms with Crippen molar-refractivity contribution >= 4 is 11.9 Å². The van der Waals surface area contributed by atoms with E-state index in [2.05, 4.69) is 0 Å². The molecule has 6 heteroatoms. The van der Waals surface area contributed by atoms with E-state index in [1.807, 2.05) is 30.3 Å². The number of esters is 1. The highest BCUT2D eigenvalue weighted by atomic mass is 16.5. The van der Waals surface area contributed by atoms with Crippen molar-refractivity contribution in [3.05, 3.63) is 30.3 Å². The average Bonchev–Trinajstić information content (AvgIpc) is 2.61. The predicted octanol–water partition coefficient (Wildman–Crippen LogP) is 2.13. The van der Waals surface area contributed by atoms with Gasteiger partial charge in [-0.1, -0.05) is 25.1 Å². The lowest BCUT2D eigenvalue weighted by molar-refractivity contribution is -0.146. The summed E-state index contributed by atoms with van der Waals surface area (Å²) in [6, 6.07) is 9.49. The summed E-state index contributed by atoms with van der Waals surface area (Å²) in [5, 5.41) is 0. The van der Waals surface area contributed by atoms with Crippen LogP contribution in [0.4, 0.5) is 0 Å². The Bertz CT molecular complexity index is 491. The van der Waals surface area contributed by atoms with Crippen LogP contribution in [0.25, 0.3) is 0 Å². The van der Waals surface area contributed by atoms with Gasteiger partial charge in [0.15, 0.2) is 0 Å². The number of para-hydroxylation sites is 1. The third-order valence-electron chi connectivity index (χ3n) is 3.56. The van der Waals surface area contributed by atoms with Gasteiger partial charge in [0.25, 0.3) is 0 Å². The molecule has 0 aromatic heterocycles. The van der Waals surface area contributed by atoms with Gasteiger partial charge >= 0.3 is 5.97 Å². The number of nitrogens with zero attached hydrogens (tertiary/aromatic N) is 1. The van der Waals surface area contributed by atoms with Gasteiger partial charge in [-0.2, -0.15) is 0 Å². The molecule has 1 unspecified atom stereocenters. The van der Waals surface area contributed by atoms with Crippen LogP contribution >= 0.6 is 0 Å². The van der Waals surface area contributed by atoms with E-state index in [9.17, 15) is 9.59 Å². The van der Waals surface area contributed by atoms with Crippen LogP contribution in [0.3, 0.4) is 0 Å². The van der Waals surface area contributed by atoms with Crippen molar-refractivity contribution in [3.8, 4) is 5.75 Å². The second kappa shape index (κ2) is 11.5. The van der Waals surface area contributed by atoms with Crippen molar-refractivity contribution in [3.63, 3.8) is 0 Å². The molecule has 0 fully saturated rings. The number of hydrogen-bond donors (Lipinski definition) is 0. The number of benzene rings is 1. The maximum Gasteiger partial charge on any atom is 0.310 e. The summed E-state index contributed by atoms with van der Waals surface area (Å²) < 4.78 is 15.3. The van der Waals surface area contributed by atoms with Crippen LogP contribution in [0.5, 0.6) is 5.75 Å². The SMILES string of the molecule is COCCN(CC(C)C(=O)OC)C(=O)CCCOc1ccccc1. The summed E-state index contributed by atoms with van der Waals surface area (Å²) in [5.74, 6) is 0.0916. The van der Waals surface area contributed by atoms with Crippen LogP contribution in [0.2, 0.25) is 0 Å². The molecule has 0 aliphatic carbocycles. The van der Waals surface area contributed by atoms with E-state index in [1.54, 1.807) is 18.9 Å². The fraction of sp³-hybridized carbons (Fsp3) is 0.556. The number of carbonyl (C=O) groups excluding carboxylic acids is 2. The number of hydrogen-bond acceptors (Lipinski definition) is 5. The molecule has 0 aliphatic rings. The summed E-state index contributed by atoms with van der Waals surface area (Å²) in [6.07, 6.45) is 0.980. The van der Waals surface area contributed by atoms with E-state index in [1.165, 1.54) is 7.11 Å². The summed E-state index contributed by atoms with van der Waals surface area (Å²) in [7, 11) is 2.93. The molecule has 1 aromatic rings. The molecule has 1 rings (SSSR count). The maximum absolute atomic E-state index is 12.4. The topological polar surface area (TPSA) is 65.1 Å². The Morgan fingerprint density at radius 3 is 2.46 bits per heavy atom. The zero-order chi connectivity index (χ0) is 17.8. The number of carbonyl (C=O) groups is 2. The fourth-order valence-electron chi connectivity index (χ4n) is 2.21. The maximum atomic E-state index is 12.4. The lowest BCUT2D eigenvalue weighted by atomic mass is 10.1. The summed E-state index contributed by atoms with van der Waals surface area (Å²) in [4.78, 5) is 25.6. The normalized spacial score (nSPS) is 11.6. The number of methoxy groups -OCH3 is 2. The van der Waals surface area contributed by atoms with Gasteiger partial charge in [0, 0.05) is 26.6 Å². The van der Waals surface area contributed by atoms with E-state index < -0.39 is 0 Å². The van der Waals surface area contributed by atoms with Gasteiger partial charge in [-0.3, -0.25) is 9.59 Å². The molecule has 134 valence electrons. The minimum atomic E-state index is -0.364. The minimum absolute atomic E-state index is 0.0144. The Morgan fingerprint density at radius 1 is 1.12 bits per heavy atom. The Hall–Kier alpha value is -2.08. The van der Waals surface area contributed by atoms with E-state index in [0.717, 1.165) is 5.75 Å². The highest BCUT2D eigenvalue weighted by molar-refractivity contribution is 5.78. The second-order valence-corrected chi connectivity index (χ2v) is 5.52. The van der Waals surface area contributed by atoms with Gasteiger partial charge in [-0.05, 0) is 18.6 Å². The van der Waals surface area contributed by atoms with Crippen LogP contribution in [0.15, 0.2) is 30.3 Å².